The topological polar surface area (TPSA) is 32.3 Å². The van der Waals surface area contributed by atoms with Crippen LogP contribution in [-0.4, -0.2) is 29.9 Å². The van der Waals surface area contributed by atoms with Crippen molar-refractivity contribution >= 4 is 5.91 Å². The third kappa shape index (κ3) is 3.12. The highest BCUT2D eigenvalue weighted by atomic mass is 16.1. The van der Waals surface area contributed by atoms with E-state index in [0.29, 0.717) is 0 Å². The molecule has 2 saturated carbocycles. The molecule has 3 heteroatoms. The maximum atomic E-state index is 11.7. The Kier molecular flexibility index (Phi) is 4.54. The largest absolute Gasteiger partial charge is 0.349 e. The molecule has 27 heavy (non-hydrogen) atoms. The van der Waals surface area contributed by atoms with Crippen molar-refractivity contribution in [3.63, 3.8) is 0 Å². The number of carbonyl (C=O) groups excluding carboxylic acids is 1. The number of piperidine rings is 1. The smallest absolute Gasteiger partial charge is 0.217 e. The van der Waals surface area contributed by atoms with E-state index in [1.54, 1.807) is 6.92 Å². The Morgan fingerprint density at radius 3 is 2.41 bits per heavy atom. The van der Waals surface area contributed by atoms with Crippen molar-refractivity contribution in [1.82, 2.24) is 10.2 Å². The maximum absolute atomic E-state index is 11.7. The van der Waals surface area contributed by atoms with Gasteiger partial charge in [0.2, 0.25) is 5.91 Å². The van der Waals surface area contributed by atoms with Gasteiger partial charge in [-0.2, -0.15) is 0 Å². The maximum Gasteiger partial charge on any atom is 0.217 e. The van der Waals surface area contributed by atoms with Gasteiger partial charge in [-0.25, -0.2) is 0 Å². The SMILES string of the molecule is CC(=O)N[C@H]1CC2(CCN(C3CC4CCCCC4C3)CC2)c2ccccc21. The third-order valence-electron chi connectivity index (χ3n) is 8.37. The molecule has 0 aromatic heterocycles. The second-order valence-corrected chi connectivity index (χ2v) is 9.79. The highest BCUT2D eigenvalue weighted by Crippen LogP contribution is 2.52. The molecule has 3 aliphatic carbocycles. The molecule has 1 N–H and O–H groups in total. The molecule has 0 radical (unpaired) electrons. The fourth-order valence-electron chi connectivity index (χ4n) is 7.06. The van der Waals surface area contributed by atoms with Crippen LogP contribution in [-0.2, 0) is 10.2 Å². The molecule has 3 atom stereocenters. The monoisotopic (exact) mass is 366 g/mol. The molecule has 2 unspecified atom stereocenters. The first-order valence-corrected chi connectivity index (χ1v) is 11.3. The zero-order valence-electron chi connectivity index (χ0n) is 16.8. The lowest BCUT2D eigenvalue weighted by molar-refractivity contribution is -0.119. The second kappa shape index (κ2) is 6.92. The van der Waals surface area contributed by atoms with E-state index in [9.17, 15) is 4.79 Å². The van der Waals surface area contributed by atoms with E-state index in [2.05, 4.69) is 34.5 Å². The summed E-state index contributed by atoms with van der Waals surface area (Å²) in [5, 5.41) is 3.22. The van der Waals surface area contributed by atoms with Crippen molar-refractivity contribution < 1.29 is 4.79 Å². The zero-order valence-corrected chi connectivity index (χ0v) is 16.8. The van der Waals surface area contributed by atoms with Crippen LogP contribution in [0.4, 0.5) is 0 Å². The minimum absolute atomic E-state index is 0.0952. The summed E-state index contributed by atoms with van der Waals surface area (Å²) in [4.78, 5) is 14.5. The number of hydrogen-bond acceptors (Lipinski definition) is 2. The van der Waals surface area contributed by atoms with E-state index >= 15 is 0 Å². The van der Waals surface area contributed by atoms with Crippen LogP contribution < -0.4 is 5.32 Å². The van der Waals surface area contributed by atoms with Crippen molar-refractivity contribution in [3.05, 3.63) is 35.4 Å². The lowest BCUT2D eigenvalue weighted by Crippen LogP contribution is -2.46. The Balaban J connectivity index is 1.29. The molecule has 1 heterocycles. The lowest BCUT2D eigenvalue weighted by atomic mass is 9.73. The van der Waals surface area contributed by atoms with Gasteiger partial charge in [0, 0.05) is 18.4 Å². The third-order valence-corrected chi connectivity index (χ3v) is 8.37. The second-order valence-electron chi connectivity index (χ2n) is 9.79. The van der Waals surface area contributed by atoms with Gasteiger partial charge in [-0.3, -0.25) is 4.79 Å². The van der Waals surface area contributed by atoms with Gasteiger partial charge in [-0.1, -0.05) is 49.9 Å². The Labute approximate surface area is 163 Å². The van der Waals surface area contributed by atoms with Crippen LogP contribution in [0.1, 0.15) is 81.9 Å². The van der Waals surface area contributed by atoms with Gasteiger partial charge in [0.1, 0.15) is 0 Å². The Morgan fingerprint density at radius 2 is 1.74 bits per heavy atom. The molecule has 1 aromatic rings. The van der Waals surface area contributed by atoms with E-state index < -0.39 is 0 Å². The molecule has 1 aromatic carbocycles. The molecule has 1 aliphatic heterocycles. The molecule has 3 fully saturated rings. The number of fused-ring (bicyclic) bond motifs is 3. The number of nitrogens with one attached hydrogen (secondary N) is 1. The van der Waals surface area contributed by atoms with E-state index in [1.165, 1.54) is 75.6 Å². The van der Waals surface area contributed by atoms with Crippen LogP contribution in [0.3, 0.4) is 0 Å². The van der Waals surface area contributed by atoms with E-state index in [-0.39, 0.29) is 17.4 Å². The predicted molar refractivity (Wildman–Crippen MR) is 109 cm³/mol. The summed E-state index contributed by atoms with van der Waals surface area (Å²) in [5.74, 6) is 2.14. The number of benzene rings is 1. The molecule has 146 valence electrons. The van der Waals surface area contributed by atoms with Gasteiger partial charge >= 0.3 is 0 Å². The Morgan fingerprint density at radius 1 is 1.07 bits per heavy atom. The van der Waals surface area contributed by atoms with Crippen LogP contribution in [0.5, 0.6) is 0 Å². The van der Waals surface area contributed by atoms with Gasteiger partial charge in [0.15, 0.2) is 0 Å². The highest BCUT2D eigenvalue weighted by Gasteiger charge is 2.47. The average molecular weight is 367 g/mol. The van der Waals surface area contributed by atoms with E-state index in [0.717, 1.165) is 24.3 Å². The van der Waals surface area contributed by atoms with Crippen LogP contribution in [0.25, 0.3) is 0 Å². The normalized spacial score (nSPS) is 35.0. The van der Waals surface area contributed by atoms with Crippen molar-refractivity contribution in [3.8, 4) is 0 Å². The van der Waals surface area contributed by atoms with Gasteiger partial charge < -0.3 is 10.2 Å². The highest BCUT2D eigenvalue weighted by molar-refractivity contribution is 5.73. The molecule has 0 bridgehead atoms. The van der Waals surface area contributed by atoms with Crippen molar-refractivity contribution in [1.29, 1.82) is 0 Å². The first-order chi connectivity index (χ1) is 13.1. The number of nitrogens with zero attached hydrogens (tertiary/aromatic N) is 1. The van der Waals surface area contributed by atoms with Crippen LogP contribution in [0.2, 0.25) is 0 Å². The fourth-order valence-corrected chi connectivity index (χ4v) is 7.06. The van der Waals surface area contributed by atoms with Crippen molar-refractivity contribution in [2.24, 2.45) is 11.8 Å². The summed E-state index contributed by atoms with van der Waals surface area (Å²) in [6, 6.07) is 9.93. The van der Waals surface area contributed by atoms with Crippen molar-refractivity contribution in [2.75, 3.05) is 13.1 Å². The molecule has 1 spiro atoms. The van der Waals surface area contributed by atoms with Gasteiger partial charge in [0.05, 0.1) is 6.04 Å². The molecule has 4 aliphatic rings. The van der Waals surface area contributed by atoms with Crippen LogP contribution in [0, 0.1) is 11.8 Å². The van der Waals surface area contributed by atoms with Crippen LogP contribution in [0.15, 0.2) is 24.3 Å². The summed E-state index contributed by atoms with van der Waals surface area (Å²) in [6.07, 6.45) is 12.4. The number of likely N-dealkylation sites (tertiary alicyclic amines) is 1. The molecular formula is C24H34N2O. The van der Waals surface area contributed by atoms with Crippen LogP contribution >= 0.6 is 0 Å². The summed E-state index contributed by atoms with van der Waals surface area (Å²) >= 11 is 0. The van der Waals surface area contributed by atoms with Gasteiger partial charge in [-0.05, 0) is 68.2 Å². The fraction of sp³-hybridized carbons (Fsp3) is 0.708. The number of rotatable bonds is 2. The molecule has 1 saturated heterocycles. The van der Waals surface area contributed by atoms with Crippen molar-refractivity contribution in [2.45, 2.75) is 82.2 Å². The zero-order chi connectivity index (χ0) is 18.4. The quantitative estimate of drug-likeness (QED) is 0.831. The first-order valence-electron chi connectivity index (χ1n) is 11.3. The Hall–Kier alpha value is -1.35. The first kappa shape index (κ1) is 17.7. The average Bonchev–Trinajstić information content (AvgIpc) is 3.23. The van der Waals surface area contributed by atoms with E-state index in [4.69, 9.17) is 0 Å². The summed E-state index contributed by atoms with van der Waals surface area (Å²) in [7, 11) is 0. The molecule has 1 amide bonds. The summed E-state index contributed by atoms with van der Waals surface area (Å²) in [5.41, 5.74) is 3.17. The Bertz CT molecular complexity index is 692. The minimum atomic E-state index is 0.0952. The minimum Gasteiger partial charge on any atom is -0.349 e. The molecule has 3 nitrogen and oxygen atoms in total. The number of amides is 1. The number of carbonyl (C=O) groups is 1. The van der Waals surface area contributed by atoms with Gasteiger partial charge in [0.25, 0.3) is 0 Å². The summed E-state index contributed by atoms with van der Waals surface area (Å²) in [6.45, 7) is 4.13. The molecule has 5 rings (SSSR count). The molecular weight excluding hydrogens is 332 g/mol. The number of hydrogen-bond donors (Lipinski definition) is 1. The van der Waals surface area contributed by atoms with E-state index in [1.807, 2.05) is 0 Å². The summed E-state index contributed by atoms with van der Waals surface area (Å²) < 4.78 is 0. The standard InChI is InChI=1S/C24H34N2O/c1-17(27)25-23-16-24(22-9-5-4-8-21(22)23)10-12-26(13-11-24)20-14-18-6-2-3-7-19(18)15-20/h4-5,8-9,18-20,23H,2-3,6-7,10-16H2,1H3,(H,25,27)/t18?,19?,20?,23-/m0/s1. The predicted octanol–water partition coefficient (Wildman–Crippen LogP) is 4.57. The van der Waals surface area contributed by atoms with Gasteiger partial charge in [-0.15, -0.1) is 0 Å². The lowest BCUT2D eigenvalue weighted by Gasteiger charge is -2.43.